The van der Waals surface area contributed by atoms with E-state index in [9.17, 15) is 0 Å². The fourth-order valence-corrected chi connectivity index (χ4v) is 4.35. The zero-order chi connectivity index (χ0) is 20.4. The van der Waals surface area contributed by atoms with Gasteiger partial charge in [0.25, 0.3) is 0 Å². The van der Waals surface area contributed by atoms with Crippen LogP contribution >= 0.6 is 11.3 Å². The second-order valence-corrected chi connectivity index (χ2v) is 7.56. The van der Waals surface area contributed by atoms with Crippen molar-refractivity contribution in [3.63, 3.8) is 0 Å². The van der Waals surface area contributed by atoms with E-state index >= 15 is 0 Å². The first kappa shape index (κ1) is 19.3. The van der Waals surface area contributed by atoms with Gasteiger partial charge in [-0.3, -0.25) is 0 Å². The smallest absolute Gasteiger partial charge is 0.207 e. The summed E-state index contributed by atoms with van der Waals surface area (Å²) in [7, 11) is 4.98. The van der Waals surface area contributed by atoms with E-state index in [0.29, 0.717) is 5.75 Å². The third-order valence-electron chi connectivity index (χ3n) is 4.93. The summed E-state index contributed by atoms with van der Waals surface area (Å²) in [6.07, 6.45) is 0.807. The van der Waals surface area contributed by atoms with Crippen molar-refractivity contribution >= 4 is 22.2 Å². The van der Waals surface area contributed by atoms with E-state index in [2.05, 4.69) is 11.4 Å². The summed E-state index contributed by atoms with van der Waals surface area (Å²) in [6.45, 7) is 2.04. The molecule has 0 radical (unpaired) electrons. The Kier molecular flexibility index (Phi) is 5.40. The van der Waals surface area contributed by atoms with Crippen LogP contribution in [0, 0.1) is 0 Å². The number of nitrogens with zero attached hydrogens (tertiary/aromatic N) is 3. The number of thiazole rings is 1. The molecular weight excluding hydrogens is 386 g/mol. The number of rotatable bonds is 6. The first-order valence-electron chi connectivity index (χ1n) is 9.28. The molecular formula is C22H23N3O3S. The highest BCUT2D eigenvalue weighted by Crippen LogP contribution is 2.43. The largest absolute Gasteiger partial charge is 0.497 e. The summed E-state index contributed by atoms with van der Waals surface area (Å²) in [4.78, 5) is 4.85. The third-order valence-corrected chi connectivity index (χ3v) is 5.76. The van der Waals surface area contributed by atoms with Crippen LogP contribution in [-0.4, -0.2) is 32.0 Å². The van der Waals surface area contributed by atoms with Gasteiger partial charge < -0.3 is 14.2 Å². The number of hydrogen-bond donors (Lipinski definition) is 0. The van der Waals surface area contributed by atoms with Crippen molar-refractivity contribution in [2.45, 2.75) is 19.4 Å². The number of anilines is 1. The molecule has 1 aliphatic rings. The van der Waals surface area contributed by atoms with Crippen molar-refractivity contribution in [3.8, 4) is 28.5 Å². The first-order valence-corrected chi connectivity index (χ1v) is 10.2. The second-order valence-electron chi connectivity index (χ2n) is 6.73. The van der Waals surface area contributed by atoms with E-state index < -0.39 is 0 Å². The van der Waals surface area contributed by atoms with E-state index in [1.807, 2.05) is 48.3 Å². The van der Waals surface area contributed by atoms with Gasteiger partial charge in [0.2, 0.25) is 5.13 Å². The standard InChI is InChI=1S/C22H23N3O3S/c1-14-12-19(17-6-5-7-20(27-3)21(17)28-4)25(24-14)22-23-18(13-29-22)15-8-10-16(26-2)11-9-15/h5-11,13,19H,12H2,1-4H3. The monoisotopic (exact) mass is 409 g/mol. The predicted molar refractivity (Wildman–Crippen MR) is 117 cm³/mol. The van der Waals surface area contributed by atoms with Gasteiger partial charge in [-0.25, -0.2) is 9.99 Å². The van der Waals surface area contributed by atoms with Crippen LogP contribution in [0.3, 0.4) is 0 Å². The Morgan fingerprint density at radius 2 is 1.79 bits per heavy atom. The van der Waals surface area contributed by atoms with Gasteiger partial charge in [0.15, 0.2) is 11.5 Å². The number of benzene rings is 2. The Hall–Kier alpha value is -3.06. The molecule has 6 nitrogen and oxygen atoms in total. The minimum atomic E-state index is 0.00918. The van der Waals surface area contributed by atoms with E-state index in [1.165, 1.54) is 0 Å². The van der Waals surface area contributed by atoms with Gasteiger partial charge in [0.05, 0.1) is 33.1 Å². The lowest BCUT2D eigenvalue weighted by atomic mass is 10.0. The molecule has 3 aromatic rings. The maximum absolute atomic E-state index is 5.66. The van der Waals surface area contributed by atoms with Gasteiger partial charge in [-0.2, -0.15) is 5.10 Å². The molecule has 1 aliphatic heterocycles. The van der Waals surface area contributed by atoms with Crippen molar-refractivity contribution in [2.24, 2.45) is 5.10 Å². The highest BCUT2D eigenvalue weighted by molar-refractivity contribution is 7.14. The van der Waals surface area contributed by atoms with E-state index in [1.54, 1.807) is 32.7 Å². The number of hydrogen-bond acceptors (Lipinski definition) is 7. The average molecular weight is 410 g/mol. The van der Waals surface area contributed by atoms with Crippen LogP contribution in [0.4, 0.5) is 5.13 Å². The van der Waals surface area contributed by atoms with Crippen molar-refractivity contribution < 1.29 is 14.2 Å². The lowest BCUT2D eigenvalue weighted by Gasteiger charge is -2.24. The fourth-order valence-electron chi connectivity index (χ4n) is 3.52. The molecule has 0 aliphatic carbocycles. The van der Waals surface area contributed by atoms with Crippen molar-refractivity contribution in [2.75, 3.05) is 26.3 Å². The number of aromatic nitrogens is 1. The Labute approximate surface area is 174 Å². The van der Waals surface area contributed by atoms with Gasteiger partial charge >= 0.3 is 0 Å². The Bertz CT molecular complexity index is 1030. The number of methoxy groups -OCH3 is 3. The lowest BCUT2D eigenvalue weighted by molar-refractivity contribution is 0.349. The molecule has 1 atom stereocenters. The topological polar surface area (TPSA) is 56.2 Å². The highest BCUT2D eigenvalue weighted by atomic mass is 32.1. The van der Waals surface area contributed by atoms with Gasteiger partial charge in [-0.15, -0.1) is 11.3 Å². The molecule has 150 valence electrons. The normalized spacial score (nSPS) is 15.9. The molecule has 0 saturated heterocycles. The highest BCUT2D eigenvalue weighted by Gasteiger charge is 2.32. The minimum Gasteiger partial charge on any atom is -0.497 e. The maximum Gasteiger partial charge on any atom is 0.207 e. The molecule has 29 heavy (non-hydrogen) atoms. The molecule has 1 unspecified atom stereocenters. The quantitative estimate of drug-likeness (QED) is 0.563. The van der Waals surface area contributed by atoms with Crippen LogP contribution in [0.25, 0.3) is 11.3 Å². The lowest BCUT2D eigenvalue weighted by Crippen LogP contribution is -2.19. The molecule has 0 saturated carbocycles. The zero-order valence-corrected chi connectivity index (χ0v) is 17.7. The second kappa shape index (κ2) is 8.13. The van der Waals surface area contributed by atoms with Crippen molar-refractivity contribution in [1.82, 2.24) is 4.98 Å². The molecule has 0 amide bonds. The molecule has 2 heterocycles. The summed E-state index contributed by atoms with van der Waals surface area (Å²) in [5.74, 6) is 2.28. The van der Waals surface area contributed by atoms with Crippen LogP contribution in [-0.2, 0) is 0 Å². The Morgan fingerprint density at radius 1 is 1.00 bits per heavy atom. The van der Waals surface area contributed by atoms with E-state index in [-0.39, 0.29) is 6.04 Å². The molecule has 0 bridgehead atoms. The maximum atomic E-state index is 5.66. The SMILES string of the molecule is COc1ccc(-c2csc(N3N=C(C)CC3c3cccc(OC)c3OC)n2)cc1. The molecule has 1 aromatic heterocycles. The molecule has 0 spiro atoms. The summed E-state index contributed by atoms with van der Waals surface area (Å²) in [5.41, 5.74) is 4.06. The Morgan fingerprint density at radius 3 is 2.48 bits per heavy atom. The van der Waals surface area contributed by atoms with Crippen LogP contribution < -0.4 is 19.2 Å². The van der Waals surface area contributed by atoms with Crippen LogP contribution in [0.5, 0.6) is 17.2 Å². The number of ether oxygens (including phenoxy) is 3. The molecule has 0 fully saturated rings. The predicted octanol–water partition coefficient (Wildman–Crippen LogP) is 5.16. The number of hydrazone groups is 1. The molecule has 2 aromatic carbocycles. The minimum absolute atomic E-state index is 0.00918. The summed E-state index contributed by atoms with van der Waals surface area (Å²) in [6, 6.07) is 13.9. The summed E-state index contributed by atoms with van der Waals surface area (Å²) >= 11 is 1.58. The third kappa shape index (κ3) is 3.65. The Balaban J connectivity index is 1.68. The summed E-state index contributed by atoms with van der Waals surface area (Å²) < 4.78 is 16.4. The van der Waals surface area contributed by atoms with E-state index in [4.69, 9.17) is 24.3 Å². The fraction of sp³-hybridized carbons (Fsp3) is 0.273. The first-order chi connectivity index (χ1) is 14.1. The molecule has 0 N–H and O–H groups in total. The van der Waals surface area contributed by atoms with Crippen LogP contribution in [0.2, 0.25) is 0 Å². The van der Waals surface area contributed by atoms with Gasteiger partial charge in [-0.1, -0.05) is 12.1 Å². The van der Waals surface area contributed by atoms with Crippen LogP contribution in [0.1, 0.15) is 24.9 Å². The van der Waals surface area contributed by atoms with E-state index in [0.717, 1.165) is 45.6 Å². The number of para-hydroxylation sites is 1. The van der Waals surface area contributed by atoms with Gasteiger partial charge in [0.1, 0.15) is 5.75 Å². The van der Waals surface area contributed by atoms with Gasteiger partial charge in [0, 0.05) is 28.6 Å². The molecule has 4 rings (SSSR count). The average Bonchev–Trinajstić information content (AvgIpc) is 3.39. The summed E-state index contributed by atoms with van der Waals surface area (Å²) in [5, 5.41) is 9.66. The van der Waals surface area contributed by atoms with Crippen LogP contribution in [0.15, 0.2) is 52.9 Å². The zero-order valence-electron chi connectivity index (χ0n) is 16.9. The molecule has 7 heteroatoms. The van der Waals surface area contributed by atoms with Crippen molar-refractivity contribution in [1.29, 1.82) is 0 Å². The van der Waals surface area contributed by atoms with Crippen molar-refractivity contribution in [3.05, 3.63) is 53.4 Å². The van der Waals surface area contributed by atoms with Gasteiger partial charge in [-0.05, 0) is 37.3 Å².